The summed E-state index contributed by atoms with van der Waals surface area (Å²) in [5.41, 5.74) is 1.14. The van der Waals surface area contributed by atoms with Gasteiger partial charge in [-0.1, -0.05) is 12.1 Å². The lowest BCUT2D eigenvalue weighted by atomic mass is 10.0. The molecule has 0 saturated carbocycles. The number of hydrogen-bond donors (Lipinski definition) is 2. The number of aromatic nitrogens is 1. The zero-order valence-corrected chi connectivity index (χ0v) is 20.9. The van der Waals surface area contributed by atoms with Crippen molar-refractivity contribution < 1.29 is 4.74 Å². The first-order chi connectivity index (χ1) is 13.6. The molecule has 8 heteroatoms. The number of benzene rings is 1. The van der Waals surface area contributed by atoms with Crippen LogP contribution in [0.1, 0.15) is 32.2 Å². The number of fused-ring (bicyclic) bond motifs is 1. The van der Waals surface area contributed by atoms with E-state index in [0.29, 0.717) is 0 Å². The van der Waals surface area contributed by atoms with Crippen molar-refractivity contribution in [2.75, 3.05) is 45.9 Å². The fourth-order valence-corrected chi connectivity index (χ4v) is 4.37. The summed E-state index contributed by atoms with van der Waals surface area (Å²) in [6.07, 6.45) is 2.03. The van der Waals surface area contributed by atoms with E-state index in [9.17, 15) is 0 Å². The zero-order valence-electron chi connectivity index (χ0n) is 17.7. The predicted molar refractivity (Wildman–Crippen MR) is 134 cm³/mol. The largest absolute Gasteiger partial charge is 0.379 e. The van der Waals surface area contributed by atoms with E-state index in [2.05, 4.69) is 54.5 Å². The van der Waals surface area contributed by atoms with Crippen molar-refractivity contribution in [2.45, 2.75) is 39.2 Å². The Bertz CT molecular complexity index is 740. The highest BCUT2D eigenvalue weighted by Gasteiger charge is 2.28. The van der Waals surface area contributed by atoms with Crippen molar-refractivity contribution in [1.82, 2.24) is 20.5 Å². The summed E-state index contributed by atoms with van der Waals surface area (Å²) < 4.78 is 6.74. The van der Waals surface area contributed by atoms with E-state index in [1.54, 1.807) is 11.3 Å². The van der Waals surface area contributed by atoms with Crippen LogP contribution in [-0.4, -0.2) is 67.3 Å². The molecule has 162 valence electrons. The molecular formula is C21H34IN5OS. The molecule has 1 aromatic heterocycles. The summed E-state index contributed by atoms with van der Waals surface area (Å²) in [5.74, 6) is 0.896. The molecule has 0 bridgehead atoms. The molecule has 0 atom stereocenters. The van der Waals surface area contributed by atoms with Gasteiger partial charge in [0.15, 0.2) is 5.96 Å². The number of hydrogen-bond acceptors (Lipinski definition) is 5. The second-order valence-corrected chi connectivity index (χ2v) is 8.83. The van der Waals surface area contributed by atoms with Gasteiger partial charge in [0, 0.05) is 38.1 Å². The molecule has 0 aliphatic carbocycles. The maximum Gasteiger partial charge on any atom is 0.191 e. The Morgan fingerprint density at radius 3 is 2.72 bits per heavy atom. The van der Waals surface area contributed by atoms with Crippen LogP contribution in [0.4, 0.5) is 0 Å². The van der Waals surface area contributed by atoms with Gasteiger partial charge in [-0.25, -0.2) is 4.98 Å². The van der Waals surface area contributed by atoms with Crippen LogP contribution in [0.15, 0.2) is 29.3 Å². The van der Waals surface area contributed by atoms with Crippen LogP contribution in [0.3, 0.4) is 0 Å². The smallest absolute Gasteiger partial charge is 0.191 e. The monoisotopic (exact) mass is 531 g/mol. The van der Waals surface area contributed by atoms with Gasteiger partial charge in [0.05, 0.1) is 35.0 Å². The first-order valence-corrected chi connectivity index (χ1v) is 11.1. The van der Waals surface area contributed by atoms with Crippen LogP contribution in [0.5, 0.6) is 0 Å². The van der Waals surface area contributed by atoms with E-state index in [0.717, 1.165) is 70.3 Å². The Morgan fingerprint density at radius 1 is 1.24 bits per heavy atom. The van der Waals surface area contributed by atoms with Gasteiger partial charge in [-0.05, 0) is 39.3 Å². The van der Waals surface area contributed by atoms with E-state index in [1.165, 1.54) is 9.71 Å². The number of aliphatic imine (C=N–C) groups is 1. The molecule has 0 unspecified atom stereocenters. The molecule has 1 aromatic carbocycles. The number of thiazole rings is 1. The number of nitrogens with zero attached hydrogens (tertiary/aromatic N) is 3. The molecule has 29 heavy (non-hydrogen) atoms. The van der Waals surface area contributed by atoms with Crippen molar-refractivity contribution >= 4 is 51.5 Å². The number of halogens is 1. The number of nitrogens with one attached hydrogen (secondary N) is 2. The van der Waals surface area contributed by atoms with Gasteiger partial charge in [-0.3, -0.25) is 9.89 Å². The van der Waals surface area contributed by atoms with Crippen molar-refractivity contribution in [3.63, 3.8) is 0 Å². The molecule has 0 radical (unpaired) electrons. The van der Waals surface area contributed by atoms with E-state index < -0.39 is 0 Å². The topological polar surface area (TPSA) is 61.8 Å². The maximum absolute atomic E-state index is 5.47. The molecule has 0 spiro atoms. The SMILES string of the molecule is CCNC(=NCC(C)(C)N1CCOCC1)NCCCc1nc2ccccc2s1.I. The lowest BCUT2D eigenvalue weighted by Gasteiger charge is -2.39. The summed E-state index contributed by atoms with van der Waals surface area (Å²) in [4.78, 5) is 12.0. The van der Waals surface area contributed by atoms with Crippen LogP contribution in [0, 0.1) is 0 Å². The molecule has 6 nitrogen and oxygen atoms in total. The number of ether oxygens (including phenoxy) is 1. The minimum Gasteiger partial charge on any atom is -0.379 e. The quantitative estimate of drug-likeness (QED) is 0.236. The minimum absolute atomic E-state index is 0. The highest BCUT2D eigenvalue weighted by Crippen LogP contribution is 2.22. The molecule has 2 N–H and O–H groups in total. The van der Waals surface area contributed by atoms with Crippen LogP contribution >= 0.6 is 35.3 Å². The van der Waals surface area contributed by atoms with Crippen molar-refractivity contribution in [3.05, 3.63) is 29.3 Å². The highest BCUT2D eigenvalue weighted by molar-refractivity contribution is 14.0. The maximum atomic E-state index is 5.47. The third-order valence-corrected chi connectivity index (χ3v) is 6.13. The summed E-state index contributed by atoms with van der Waals surface area (Å²) in [6.45, 7) is 12.7. The average molecular weight is 532 g/mol. The summed E-state index contributed by atoms with van der Waals surface area (Å²) in [5, 5.41) is 8.04. The number of para-hydroxylation sites is 1. The predicted octanol–water partition coefficient (Wildman–Crippen LogP) is 3.51. The lowest BCUT2D eigenvalue weighted by Crippen LogP contribution is -2.52. The van der Waals surface area contributed by atoms with E-state index >= 15 is 0 Å². The van der Waals surface area contributed by atoms with Crippen molar-refractivity contribution in [3.8, 4) is 0 Å². The Hall–Kier alpha value is -0.970. The minimum atomic E-state index is 0. The van der Waals surface area contributed by atoms with Crippen molar-refractivity contribution in [1.29, 1.82) is 0 Å². The molecule has 1 aliphatic rings. The Balaban J connectivity index is 0.00000300. The Labute approximate surface area is 195 Å². The second kappa shape index (κ2) is 12.0. The first kappa shape index (κ1) is 24.3. The number of aryl methyl sites for hydroxylation is 1. The van der Waals surface area contributed by atoms with Gasteiger partial charge in [-0.2, -0.15) is 0 Å². The van der Waals surface area contributed by atoms with E-state index in [4.69, 9.17) is 14.7 Å². The fourth-order valence-electron chi connectivity index (χ4n) is 3.36. The zero-order chi connectivity index (χ0) is 19.8. The second-order valence-electron chi connectivity index (χ2n) is 7.71. The van der Waals surface area contributed by atoms with Crippen LogP contribution in [-0.2, 0) is 11.2 Å². The highest BCUT2D eigenvalue weighted by atomic mass is 127. The van der Waals surface area contributed by atoms with Crippen LogP contribution in [0.2, 0.25) is 0 Å². The van der Waals surface area contributed by atoms with Gasteiger partial charge >= 0.3 is 0 Å². The van der Waals surface area contributed by atoms with Gasteiger partial charge < -0.3 is 15.4 Å². The molecule has 1 fully saturated rings. The molecule has 1 aliphatic heterocycles. The van der Waals surface area contributed by atoms with E-state index in [-0.39, 0.29) is 29.5 Å². The van der Waals surface area contributed by atoms with Gasteiger partial charge in [-0.15, -0.1) is 35.3 Å². The standard InChI is InChI=1S/C21H33N5OS.HI/c1-4-22-20(24-16-21(2,3)26-12-14-27-15-13-26)23-11-7-10-19-25-17-8-5-6-9-18(17)28-19;/h5-6,8-9H,4,7,10-16H2,1-3H3,(H2,22,23,24);1H. The Kier molecular flexibility index (Phi) is 10.1. The first-order valence-electron chi connectivity index (χ1n) is 10.3. The lowest BCUT2D eigenvalue weighted by molar-refractivity contribution is -0.00683. The molecular weight excluding hydrogens is 497 g/mol. The average Bonchev–Trinajstić information content (AvgIpc) is 3.13. The fraction of sp³-hybridized carbons (Fsp3) is 0.619. The van der Waals surface area contributed by atoms with Gasteiger partial charge in [0.1, 0.15) is 0 Å². The van der Waals surface area contributed by atoms with Crippen molar-refractivity contribution in [2.24, 2.45) is 4.99 Å². The van der Waals surface area contributed by atoms with Gasteiger partial charge in [0.2, 0.25) is 0 Å². The molecule has 2 aromatic rings. The van der Waals surface area contributed by atoms with Crippen LogP contribution in [0.25, 0.3) is 10.2 Å². The summed E-state index contributed by atoms with van der Waals surface area (Å²) in [7, 11) is 0. The molecule has 3 rings (SSSR count). The number of morpholine rings is 1. The van der Waals surface area contributed by atoms with Crippen LogP contribution < -0.4 is 10.6 Å². The summed E-state index contributed by atoms with van der Waals surface area (Å²) >= 11 is 1.80. The molecule has 0 amide bonds. The third-order valence-electron chi connectivity index (χ3n) is 5.03. The van der Waals surface area contributed by atoms with Gasteiger partial charge in [0.25, 0.3) is 0 Å². The number of rotatable bonds is 8. The number of guanidine groups is 1. The molecule has 2 heterocycles. The molecule has 1 saturated heterocycles. The summed E-state index contributed by atoms with van der Waals surface area (Å²) in [6, 6.07) is 8.34. The third kappa shape index (κ3) is 7.34. The normalized spacial score (nSPS) is 15.9. The Morgan fingerprint density at radius 2 is 2.00 bits per heavy atom. The van der Waals surface area contributed by atoms with E-state index in [1.807, 2.05) is 6.07 Å².